The van der Waals surface area contributed by atoms with Crippen LogP contribution in [0.5, 0.6) is 0 Å². The molecule has 1 aromatic heterocycles. The standard InChI is InChI=1S/C18H16IN3O/c1-13-10-17(20-18(23)15-8-5-9-16(19)11-15)22(21-13)12-14-6-3-2-4-7-14/h2-11H,12H2,1H3,(H,20,23). The van der Waals surface area contributed by atoms with Crippen LogP contribution < -0.4 is 5.32 Å². The third-order valence-electron chi connectivity index (χ3n) is 3.41. The van der Waals surface area contributed by atoms with Gasteiger partial charge in [0.2, 0.25) is 0 Å². The van der Waals surface area contributed by atoms with Gasteiger partial charge in [-0.25, -0.2) is 4.68 Å². The van der Waals surface area contributed by atoms with Crippen molar-refractivity contribution in [3.8, 4) is 0 Å². The van der Waals surface area contributed by atoms with Gasteiger partial charge in [0, 0.05) is 15.2 Å². The number of aryl methyl sites for hydroxylation is 1. The zero-order chi connectivity index (χ0) is 16.2. The Morgan fingerprint density at radius 1 is 1.13 bits per heavy atom. The first-order valence-electron chi connectivity index (χ1n) is 7.27. The molecule has 0 spiro atoms. The Morgan fingerprint density at radius 3 is 2.65 bits per heavy atom. The molecule has 3 aromatic rings. The van der Waals surface area contributed by atoms with Gasteiger partial charge in [-0.1, -0.05) is 36.4 Å². The molecule has 1 heterocycles. The van der Waals surface area contributed by atoms with Gasteiger partial charge in [0.15, 0.2) is 0 Å². The van der Waals surface area contributed by atoms with E-state index in [4.69, 9.17) is 0 Å². The molecular weight excluding hydrogens is 401 g/mol. The number of carbonyl (C=O) groups is 1. The molecule has 1 N–H and O–H groups in total. The summed E-state index contributed by atoms with van der Waals surface area (Å²) in [6, 6.07) is 19.5. The van der Waals surface area contributed by atoms with E-state index in [0.29, 0.717) is 17.9 Å². The second-order valence-electron chi connectivity index (χ2n) is 5.28. The number of aromatic nitrogens is 2. The van der Waals surface area contributed by atoms with Crippen LogP contribution in [-0.2, 0) is 6.54 Å². The normalized spacial score (nSPS) is 10.5. The summed E-state index contributed by atoms with van der Waals surface area (Å²) in [6.07, 6.45) is 0. The lowest BCUT2D eigenvalue weighted by Crippen LogP contribution is -2.16. The summed E-state index contributed by atoms with van der Waals surface area (Å²) in [7, 11) is 0. The van der Waals surface area contributed by atoms with Crippen molar-refractivity contribution in [1.82, 2.24) is 9.78 Å². The molecule has 0 saturated heterocycles. The second kappa shape index (κ2) is 6.95. The molecule has 0 bridgehead atoms. The lowest BCUT2D eigenvalue weighted by Gasteiger charge is -2.09. The zero-order valence-electron chi connectivity index (χ0n) is 12.7. The van der Waals surface area contributed by atoms with Crippen LogP contribution in [0.15, 0.2) is 60.7 Å². The predicted octanol–water partition coefficient (Wildman–Crippen LogP) is 4.10. The third-order valence-corrected chi connectivity index (χ3v) is 4.08. The number of nitrogens with one attached hydrogen (secondary N) is 1. The molecule has 0 aliphatic heterocycles. The number of hydrogen-bond acceptors (Lipinski definition) is 2. The highest BCUT2D eigenvalue weighted by Gasteiger charge is 2.11. The van der Waals surface area contributed by atoms with E-state index in [1.165, 1.54) is 0 Å². The lowest BCUT2D eigenvalue weighted by atomic mass is 10.2. The Balaban J connectivity index is 1.82. The number of hydrogen-bond donors (Lipinski definition) is 1. The maximum Gasteiger partial charge on any atom is 0.256 e. The van der Waals surface area contributed by atoms with E-state index in [2.05, 4.69) is 33.0 Å². The molecule has 0 fully saturated rings. The molecule has 0 aliphatic rings. The highest BCUT2D eigenvalue weighted by molar-refractivity contribution is 14.1. The minimum Gasteiger partial charge on any atom is -0.307 e. The van der Waals surface area contributed by atoms with Gasteiger partial charge in [-0.05, 0) is 53.3 Å². The summed E-state index contributed by atoms with van der Waals surface area (Å²) in [4.78, 5) is 12.4. The van der Waals surface area contributed by atoms with Crippen LogP contribution in [0, 0.1) is 10.5 Å². The SMILES string of the molecule is Cc1cc(NC(=O)c2cccc(I)c2)n(Cc2ccccc2)n1. The summed E-state index contributed by atoms with van der Waals surface area (Å²) in [6.45, 7) is 2.54. The molecule has 4 nitrogen and oxygen atoms in total. The van der Waals surface area contributed by atoms with Crippen molar-refractivity contribution in [2.45, 2.75) is 13.5 Å². The summed E-state index contributed by atoms with van der Waals surface area (Å²) >= 11 is 2.20. The summed E-state index contributed by atoms with van der Waals surface area (Å²) < 4.78 is 2.85. The average Bonchev–Trinajstić information content (AvgIpc) is 2.87. The second-order valence-corrected chi connectivity index (χ2v) is 6.52. The fraction of sp³-hybridized carbons (Fsp3) is 0.111. The van der Waals surface area contributed by atoms with Crippen LogP contribution in [0.1, 0.15) is 21.6 Å². The van der Waals surface area contributed by atoms with Crippen molar-refractivity contribution < 1.29 is 4.79 Å². The minimum atomic E-state index is -0.127. The zero-order valence-corrected chi connectivity index (χ0v) is 14.8. The maximum atomic E-state index is 12.4. The first kappa shape index (κ1) is 15.7. The van der Waals surface area contributed by atoms with Gasteiger partial charge in [-0.2, -0.15) is 5.10 Å². The quantitative estimate of drug-likeness (QED) is 0.650. The van der Waals surface area contributed by atoms with Crippen molar-refractivity contribution in [2.75, 3.05) is 5.32 Å². The van der Waals surface area contributed by atoms with E-state index < -0.39 is 0 Å². The number of anilines is 1. The van der Waals surface area contributed by atoms with Crippen LogP contribution in [0.4, 0.5) is 5.82 Å². The van der Waals surface area contributed by atoms with Crippen LogP contribution in [0.2, 0.25) is 0 Å². The minimum absolute atomic E-state index is 0.127. The van der Waals surface area contributed by atoms with E-state index in [9.17, 15) is 4.79 Å². The molecule has 2 aromatic carbocycles. The Hall–Kier alpha value is -2.15. The van der Waals surface area contributed by atoms with Crippen LogP contribution >= 0.6 is 22.6 Å². The molecule has 0 radical (unpaired) electrons. The lowest BCUT2D eigenvalue weighted by molar-refractivity contribution is 0.102. The molecule has 0 unspecified atom stereocenters. The van der Waals surface area contributed by atoms with Gasteiger partial charge in [0.1, 0.15) is 5.82 Å². The van der Waals surface area contributed by atoms with Crippen LogP contribution in [0.25, 0.3) is 0 Å². The van der Waals surface area contributed by atoms with Gasteiger partial charge in [-0.3, -0.25) is 4.79 Å². The molecule has 0 saturated carbocycles. The highest BCUT2D eigenvalue weighted by atomic mass is 127. The van der Waals surface area contributed by atoms with Crippen LogP contribution in [-0.4, -0.2) is 15.7 Å². The number of halogens is 1. The van der Waals surface area contributed by atoms with E-state index in [-0.39, 0.29) is 5.91 Å². The van der Waals surface area contributed by atoms with Crippen LogP contribution in [0.3, 0.4) is 0 Å². The first-order chi connectivity index (χ1) is 11.1. The molecule has 116 valence electrons. The Morgan fingerprint density at radius 2 is 1.91 bits per heavy atom. The third kappa shape index (κ3) is 3.98. The Bertz CT molecular complexity index is 827. The number of rotatable bonds is 4. The molecule has 0 atom stereocenters. The van der Waals surface area contributed by atoms with Gasteiger partial charge < -0.3 is 5.32 Å². The van der Waals surface area contributed by atoms with Crippen molar-refractivity contribution in [1.29, 1.82) is 0 Å². The topological polar surface area (TPSA) is 46.9 Å². The average molecular weight is 417 g/mol. The van der Waals surface area contributed by atoms with Crippen molar-refractivity contribution >= 4 is 34.3 Å². The smallest absolute Gasteiger partial charge is 0.256 e. The number of nitrogens with zero attached hydrogens (tertiary/aromatic N) is 2. The van der Waals surface area contributed by atoms with Gasteiger partial charge >= 0.3 is 0 Å². The first-order valence-corrected chi connectivity index (χ1v) is 8.35. The largest absolute Gasteiger partial charge is 0.307 e. The molecule has 3 rings (SSSR count). The fourth-order valence-corrected chi connectivity index (χ4v) is 2.88. The van der Waals surface area contributed by atoms with Crippen molar-refractivity contribution in [3.05, 3.63) is 81.1 Å². The van der Waals surface area contributed by atoms with Gasteiger partial charge in [0.25, 0.3) is 5.91 Å². The fourth-order valence-electron chi connectivity index (χ4n) is 2.34. The predicted molar refractivity (Wildman–Crippen MR) is 99.6 cm³/mol. The van der Waals surface area contributed by atoms with Crippen molar-refractivity contribution in [3.63, 3.8) is 0 Å². The van der Waals surface area contributed by atoms with E-state index in [1.54, 1.807) is 0 Å². The van der Waals surface area contributed by atoms with Crippen molar-refractivity contribution in [2.24, 2.45) is 0 Å². The summed E-state index contributed by atoms with van der Waals surface area (Å²) in [5.41, 5.74) is 2.65. The maximum absolute atomic E-state index is 12.4. The van der Waals surface area contributed by atoms with E-state index in [1.807, 2.05) is 72.3 Å². The van der Waals surface area contributed by atoms with E-state index >= 15 is 0 Å². The highest BCUT2D eigenvalue weighted by Crippen LogP contribution is 2.15. The molecule has 1 amide bonds. The number of benzene rings is 2. The number of amides is 1. The number of carbonyl (C=O) groups excluding carboxylic acids is 1. The summed E-state index contributed by atoms with van der Waals surface area (Å²) in [5.74, 6) is 0.577. The Kier molecular flexibility index (Phi) is 4.76. The van der Waals surface area contributed by atoms with Gasteiger partial charge in [-0.15, -0.1) is 0 Å². The molecular formula is C18H16IN3O. The summed E-state index contributed by atoms with van der Waals surface area (Å²) in [5, 5.41) is 7.42. The Labute approximate surface area is 148 Å². The van der Waals surface area contributed by atoms with Gasteiger partial charge in [0.05, 0.1) is 12.2 Å². The molecule has 5 heteroatoms. The monoisotopic (exact) mass is 417 g/mol. The van der Waals surface area contributed by atoms with E-state index in [0.717, 1.165) is 14.8 Å². The molecule has 23 heavy (non-hydrogen) atoms. The molecule has 0 aliphatic carbocycles.